The van der Waals surface area contributed by atoms with Crippen molar-refractivity contribution in [1.82, 2.24) is 10.4 Å². The zero-order valence-corrected chi connectivity index (χ0v) is 18.2. The first-order chi connectivity index (χ1) is 15.1. The Morgan fingerprint density at radius 2 is 2.00 bits per heavy atom. The zero-order chi connectivity index (χ0) is 21.6. The molecular formula is C23H19N3O3S2. The highest BCUT2D eigenvalue weighted by molar-refractivity contribution is 8.00. The number of aromatic hydroxyl groups is 1. The number of phenols is 1. The lowest BCUT2D eigenvalue weighted by atomic mass is 10.1. The third kappa shape index (κ3) is 5.22. The molecule has 0 fully saturated rings. The van der Waals surface area contributed by atoms with E-state index in [1.807, 2.05) is 30.3 Å². The van der Waals surface area contributed by atoms with Crippen molar-refractivity contribution < 1.29 is 14.6 Å². The summed E-state index contributed by atoms with van der Waals surface area (Å²) in [5.74, 6) is 1.08. The third-order valence-corrected chi connectivity index (χ3v) is 6.71. The molecule has 1 aromatic heterocycles. The number of fused-ring (bicyclic) bond motifs is 1. The van der Waals surface area contributed by atoms with Crippen LogP contribution < -0.4 is 10.2 Å². The fraction of sp³-hybridized carbons (Fsp3) is 0.0870. The number of thiazole rings is 1. The number of methoxy groups -OCH3 is 1. The lowest BCUT2D eigenvalue weighted by Gasteiger charge is -2.04. The van der Waals surface area contributed by atoms with Crippen molar-refractivity contribution in [2.24, 2.45) is 5.10 Å². The molecule has 156 valence electrons. The third-order valence-electron chi connectivity index (χ3n) is 4.46. The quantitative estimate of drug-likeness (QED) is 0.234. The Morgan fingerprint density at radius 1 is 1.19 bits per heavy atom. The SMILES string of the molecule is COc1ccc(O)c(/C=N/NC(=O)c2ccc(CSc3nc4ccccc4s3)cc2)c1. The number of amides is 1. The number of carbonyl (C=O) groups excluding carboxylic acids is 1. The van der Waals surface area contributed by atoms with Crippen LogP contribution in [0.25, 0.3) is 10.2 Å². The maximum atomic E-state index is 12.3. The topological polar surface area (TPSA) is 83.8 Å². The van der Waals surface area contributed by atoms with Gasteiger partial charge >= 0.3 is 0 Å². The average molecular weight is 450 g/mol. The van der Waals surface area contributed by atoms with Crippen molar-refractivity contribution in [2.75, 3.05) is 7.11 Å². The van der Waals surface area contributed by atoms with Gasteiger partial charge in [-0.2, -0.15) is 5.10 Å². The summed E-state index contributed by atoms with van der Waals surface area (Å²) < 4.78 is 7.32. The smallest absolute Gasteiger partial charge is 0.271 e. The van der Waals surface area contributed by atoms with Crippen LogP contribution in [0, 0.1) is 0 Å². The van der Waals surface area contributed by atoms with Crippen LogP contribution in [-0.2, 0) is 5.75 Å². The second-order valence-electron chi connectivity index (χ2n) is 6.56. The van der Waals surface area contributed by atoms with Gasteiger partial charge in [-0.05, 0) is 48.0 Å². The van der Waals surface area contributed by atoms with Crippen molar-refractivity contribution >= 4 is 45.4 Å². The number of thioether (sulfide) groups is 1. The molecule has 3 aromatic carbocycles. The second-order valence-corrected chi connectivity index (χ2v) is 8.81. The number of benzene rings is 3. The molecule has 0 atom stereocenters. The van der Waals surface area contributed by atoms with Crippen molar-refractivity contribution in [2.45, 2.75) is 10.1 Å². The predicted molar refractivity (Wildman–Crippen MR) is 125 cm³/mol. The number of aromatic nitrogens is 1. The van der Waals surface area contributed by atoms with E-state index in [0.717, 1.165) is 21.2 Å². The fourth-order valence-electron chi connectivity index (χ4n) is 2.80. The van der Waals surface area contributed by atoms with E-state index in [4.69, 9.17) is 4.74 Å². The predicted octanol–water partition coefficient (Wildman–Crippen LogP) is 5.07. The van der Waals surface area contributed by atoms with Gasteiger partial charge in [0.15, 0.2) is 4.34 Å². The van der Waals surface area contributed by atoms with Gasteiger partial charge in [0.2, 0.25) is 0 Å². The Labute approximate surface area is 187 Å². The van der Waals surface area contributed by atoms with E-state index in [1.165, 1.54) is 24.1 Å². The standard InChI is InChI=1S/C23H19N3O3S2/c1-29-18-10-11-20(27)17(12-18)13-24-26-22(28)16-8-6-15(7-9-16)14-30-23-25-19-4-2-3-5-21(19)31-23/h2-13,27H,14H2,1H3,(H,26,28)/b24-13+. The molecule has 0 aliphatic carbocycles. The first-order valence-corrected chi connectivity index (χ1v) is 11.2. The Kier molecular flexibility index (Phi) is 6.49. The Hall–Kier alpha value is -3.36. The van der Waals surface area contributed by atoms with Gasteiger partial charge < -0.3 is 9.84 Å². The molecule has 0 aliphatic heterocycles. The molecule has 31 heavy (non-hydrogen) atoms. The van der Waals surface area contributed by atoms with Crippen LogP contribution >= 0.6 is 23.1 Å². The molecule has 0 saturated carbocycles. The number of hydrogen-bond donors (Lipinski definition) is 2. The second kappa shape index (κ2) is 9.63. The van der Waals surface area contributed by atoms with Gasteiger partial charge in [0.05, 0.1) is 23.5 Å². The summed E-state index contributed by atoms with van der Waals surface area (Å²) in [5.41, 5.74) is 5.54. The summed E-state index contributed by atoms with van der Waals surface area (Å²) in [7, 11) is 1.54. The monoisotopic (exact) mass is 449 g/mol. The highest BCUT2D eigenvalue weighted by atomic mass is 32.2. The first kappa shape index (κ1) is 20.9. The van der Waals surface area contributed by atoms with Crippen LogP contribution in [0.3, 0.4) is 0 Å². The Balaban J connectivity index is 1.33. The number of para-hydroxylation sites is 1. The molecule has 4 rings (SSSR count). The largest absolute Gasteiger partial charge is 0.507 e. The molecule has 0 radical (unpaired) electrons. The molecule has 0 bridgehead atoms. The number of nitrogens with zero attached hydrogens (tertiary/aromatic N) is 2. The Morgan fingerprint density at radius 3 is 2.77 bits per heavy atom. The number of carbonyl (C=O) groups is 1. The molecular weight excluding hydrogens is 430 g/mol. The molecule has 0 aliphatic rings. The molecule has 8 heteroatoms. The molecule has 0 spiro atoms. The summed E-state index contributed by atoms with van der Waals surface area (Å²) in [5, 5.41) is 13.8. The minimum Gasteiger partial charge on any atom is -0.507 e. The molecule has 2 N–H and O–H groups in total. The molecule has 1 heterocycles. The molecule has 0 unspecified atom stereocenters. The van der Waals surface area contributed by atoms with E-state index >= 15 is 0 Å². The van der Waals surface area contributed by atoms with Crippen molar-refractivity contribution in [3.63, 3.8) is 0 Å². The van der Waals surface area contributed by atoms with E-state index in [0.29, 0.717) is 16.9 Å². The normalized spacial score (nSPS) is 11.1. The Bertz CT molecular complexity index is 1200. The van der Waals surface area contributed by atoms with Crippen LogP contribution in [0.15, 0.2) is 76.2 Å². The van der Waals surface area contributed by atoms with Crippen LogP contribution in [0.1, 0.15) is 21.5 Å². The molecule has 0 saturated heterocycles. The summed E-state index contributed by atoms with van der Waals surface area (Å²) in [4.78, 5) is 16.9. The molecule has 4 aromatic rings. The van der Waals surface area contributed by atoms with E-state index in [-0.39, 0.29) is 11.7 Å². The minimum absolute atomic E-state index is 0.0498. The van der Waals surface area contributed by atoms with Crippen molar-refractivity contribution in [3.8, 4) is 11.5 Å². The van der Waals surface area contributed by atoms with Crippen molar-refractivity contribution in [1.29, 1.82) is 0 Å². The average Bonchev–Trinajstić information content (AvgIpc) is 3.22. The summed E-state index contributed by atoms with van der Waals surface area (Å²) in [6, 6.07) is 20.2. The van der Waals surface area contributed by atoms with Crippen LogP contribution in [0.5, 0.6) is 11.5 Å². The van der Waals surface area contributed by atoms with Crippen molar-refractivity contribution in [3.05, 3.63) is 83.4 Å². The van der Waals surface area contributed by atoms with E-state index < -0.39 is 0 Å². The number of ether oxygens (including phenoxy) is 1. The van der Waals surface area contributed by atoms with Crippen LogP contribution in [0.4, 0.5) is 0 Å². The minimum atomic E-state index is -0.330. The summed E-state index contributed by atoms with van der Waals surface area (Å²) >= 11 is 3.36. The molecule has 1 amide bonds. The van der Waals surface area contributed by atoms with Crippen LogP contribution in [-0.4, -0.2) is 29.3 Å². The van der Waals surface area contributed by atoms with Gasteiger partial charge in [-0.25, -0.2) is 10.4 Å². The van der Waals surface area contributed by atoms with E-state index in [2.05, 4.69) is 21.6 Å². The maximum Gasteiger partial charge on any atom is 0.271 e. The summed E-state index contributed by atoms with van der Waals surface area (Å²) in [6.07, 6.45) is 1.37. The highest BCUT2D eigenvalue weighted by Crippen LogP contribution is 2.31. The number of rotatable bonds is 7. The number of nitrogens with one attached hydrogen (secondary N) is 1. The summed E-state index contributed by atoms with van der Waals surface area (Å²) in [6.45, 7) is 0. The lowest BCUT2D eigenvalue weighted by Crippen LogP contribution is -2.17. The van der Waals surface area contributed by atoms with Gasteiger partial charge in [-0.15, -0.1) is 11.3 Å². The molecule has 6 nitrogen and oxygen atoms in total. The van der Waals surface area contributed by atoms with Gasteiger partial charge in [0.25, 0.3) is 5.91 Å². The maximum absolute atomic E-state index is 12.3. The van der Waals surface area contributed by atoms with E-state index in [9.17, 15) is 9.90 Å². The fourth-order valence-corrected chi connectivity index (χ4v) is 4.82. The van der Waals surface area contributed by atoms with Gasteiger partial charge in [0, 0.05) is 16.9 Å². The number of hydrogen-bond acceptors (Lipinski definition) is 7. The number of hydrazone groups is 1. The number of phenolic OH excluding ortho intramolecular Hbond substituents is 1. The van der Waals surface area contributed by atoms with Gasteiger partial charge in [0.1, 0.15) is 11.5 Å². The van der Waals surface area contributed by atoms with E-state index in [1.54, 1.807) is 47.4 Å². The lowest BCUT2D eigenvalue weighted by molar-refractivity contribution is 0.0955. The highest BCUT2D eigenvalue weighted by Gasteiger charge is 2.07. The van der Waals surface area contributed by atoms with Gasteiger partial charge in [-0.1, -0.05) is 36.0 Å². The van der Waals surface area contributed by atoms with Crippen LogP contribution in [0.2, 0.25) is 0 Å². The first-order valence-electron chi connectivity index (χ1n) is 9.40. The zero-order valence-electron chi connectivity index (χ0n) is 16.6. The van der Waals surface area contributed by atoms with Gasteiger partial charge in [-0.3, -0.25) is 4.79 Å².